The van der Waals surface area contributed by atoms with Gasteiger partial charge in [-0.05, 0) is 37.6 Å². The topological polar surface area (TPSA) is 138 Å². The van der Waals surface area contributed by atoms with Gasteiger partial charge in [0.15, 0.2) is 0 Å². The molecule has 1 saturated heterocycles. The predicted molar refractivity (Wildman–Crippen MR) is 92.0 cm³/mol. The number of imide groups is 1. The van der Waals surface area contributed by atoms with Crippen LogP contribution in [0.2, 0.25) is 0 Å². The van der Waals surface area contributed by atoms with Crippen molar-refractivity contribution in [3.63, 3.8) is 0 Å². The maximum atomic E-state index is 12.3. The Morgan fingerprint density at radius 2 is 1.89 bits per heavy atom. The van der Waals surface area contributed by atoms with Gasteiger partial charge >= 0.3 is 12.0 Å². The summed E-state index contributed by atoms with van der Waals surface area (Å²) in [6, 6.07) is 7.02. The number of benzene rings is 1. The number of carbonyl (C=O) groups is 4. The first-order valence-electron chi connectivity index (χ1n) is 8.05. The lowest BCUT2D eigenvalue weighted by molar-refractivity contribution is -0.123. The average Bonchev–Trinajstić information content (AvgIpc) is 3.12. The lowest BCUT2D eigenvalue weighted by Crippen LogP contribution is -2.40. The predicted octanol–water partition coefficient (Wildman–Crippen LogP) is 1.27. The number of rotatable bonds is 5. The Hall–Kier alpha value is -3.62. The Balaban J connectivity index is 1.68. The van der Waals surface area contributed by atoms with Crippen LogP contribution in [0.4, 0.5) is 4.79 Å². The van der Waals surface area contributed by atoms with Crippen molar-refractivity contribution < 1.29 is 28.7 Å². The molecule has 0 saturated carbocycles. The Morgan fingerprint density at radius 1 is 1.22 bits per heavy atom. The third-order valence-corrected chi connectivity index (χ3v) is 4.39. The third kappa shape index (κ3) is 3.39. The summed E-state index contributed by atoms with van der Waals surface area (Å²) in [5, 5.41) is 16.4. The normalized spacial score (nSPS) is 18.7. The summed E-state index contributed by atoms with van der Waals surface area (Å²) in [5.41, 5.74) is -0.261. The second-order valence-electron chi connectivity index (χ2n) is 6.28. The molecule has 9 heteroatoms. The van der Waals surface area contributed by atoms with Crippen LogP contribution in [0.1, 0.15) is 44.7 Å². The lowest BCUT2D eigenvalue weighted by atomic mass is 9.91. The van der Waals surface area contributed by atoms with Gasteiger partial charge < -0.3 is 20.2 Å². The van der Waals surface area contributed by atoms with Gasteiger partial charge in [-0.25, -0.2) is 9.59 Å². The zero-order valence-electron chi connectivity index (χ0n) is 14.6. The van der Waals surface area contributed by atoms with Gasteiger partial charge in [0, 0.05) is 5.56 Å². The van der Waals surface area contributed by atoms with Crippen LogP contribution in [0.3, 0.4) is 0 Å². The molecule has 9 nitrogen and oxygen atoms in total. The first kappa shape index (κ1) is 18.2. The molecule has 0 aliphatic carbocycles. The van der Waals surface area contributed by atoms with Crippen molar-refractivity contribution >= 4 is 23.8 Å². The van der Waals surface area contributed by atoms with Crippen LogP contribution in [0.15, 0.2) is 34.7 Å². The van der Waals surface area contributed by atoms with E-state index in [0.717, 1.165) is 0 Å². The molecule has 1 atom stereocenters. The molecule has 0 spiro atoms. The molecule has 4 amide bonds. The molecule has 2 heterocycles. The number of nitrogens with one attached hydrogen (secondary N) is 3. The summed E-state index contributed by atoms with van der Waals surface area (Å²) >= 11 is 0. The largest absolute Gasteiger partial charge is 0.478 e. The second-order valence-corrected chi connectivity index (χ2v) is 6.28. The summed E-state index contributed by atoms with van der Waals surface area (Å²) in [5.74, 6) is -1.36. The molecule has 2 aromatic rings. The fourth-order valence-electron chi connectivity index (χ4n) is 2.81. The molecular formula is C18H17N3O6. The summed E-state index contributed by atoms with van der Waals surface area (Å²) in [7, 11) is 0. The van der Waals surface area contributed by atoms with E-state index >= 15 is 0 Å². The number of furan rings is 1. The second kappa shape index (κ2) is 6.60. The zero-order valence-corrected chi connectivity index (χ0v) is 14.6. The fourth-order valence-corrected chi connectivity index (χ4v) is 2.81. The van der Waals surface area contributed by atoms with Crippen molar-refractivity contribution in [1.82, 2.24) is 16.0 Å². The first-order chi connectivity index (χ1) is 12.7. The van der Waals surface area contributed by atoms with Crippen LogP contribution in [0.25, 0.3) is 0 Å². The van der Waals surface area contributed by atoms with Gasteiger partial charge in [0.2, 0.25) is 0 Å². The Kier molecular flexibility index (Phi) is 4.44. The maximum absolute atomic E-state index is 12.3. The smallest absolute Gasteiger partial charge is 0.339 e. The average molecular weight is 371 g/mol. The highest BCUT2D eigenvalue weighted by Gasteiger charge is 2.43. The molecule has 0 unspecified atom stereocenters. The Morgan fingerprint density at radius 3 is 2.41 bits per heavy atom. The number of carbonyl (C=O) groups excluding carboxylic acids is 3. The van der Waals surface area contributed by atoms with Crippen molar-refractivity contribution in [1.29, 1.82) is 0 Å². The molecule has 1 aliphatic rings. The van der Waals surface area contributed by atoms with E-state index in [9.17, 15) is 19.2 Å². The van der Waals surface area contributed by atoms with Crippen LogP contribution in [0.5, 0.6) is 0 Å². The Bertz CT molecular complexity index is 947. The van der Waals surface area contributed by atoms with E-state index in [4.69, 9.17) is 9.52 Å². The highest BCUT2D eigenvalue weighted by Crippen LogP contribution is 2.24. The number of amides is 4. The summed E-state index contributed by atoms with van der Waals surface area (Å²) in [6.45, 7) is 3.14. The number of aromatic carboxylic acids is 1. The Labute approximate surface area is 153 Å². The van der Waals surface area contributed by atoms with Gasteiger partial charge in [0.05, 0.1) is 6.54 Å². The van der Waals surface area contributed by atoms with Gasteiger partial charge in [-0.15, -0.1) is 0 Å². The lowest BCUT2D eigenvalue weighted by Gasteiger charge is -2.21. The molecule has 1 fully saturated rings. The SMILES string of the molecule is Cc1oc(CNC(=O)c2ccc([C@@]3(C)NC(=O)NC3=O)cc2)cc1C(=O)O. The van der Waals surface area contributed by atoms with Crippen molar-refractivity contribution in [3.8, 4) is 0 Å². The van der Waals surface area contributed by atoms with Crippen molar-refractivity contribution in [2.45, 2.75) is 25.9 Å². The first-order valence-corrected chi connectivity index (χ1v) is 8.05. The van der Waals surface area contributed by atoms with Crippen molar-refractivity contribution in [2.24, 2.45) is 0 Å². The van der Waals surface area contributed by atoms with Gasteiger partial charge in [0.25, 0.3) is 11.8 Å². The van der Waals surface area contributed by atoms with Gasteiger partial charge in [-0.3, -0.25) is 14.9 Å². The quantitative estimate of drug-likeness (QED) is 0.584. The molecule has 140 valence electrons. The van der Waals surface area contributed by atoms with E-state index < -0.39 is 29.4 Å². The molecule has 0 bridgehead atoms. The van der Waals surface area contributed by atoms with E-state index in [0.29, 0.717) is 16.9 Å². The van der Waals surface area contributed by atoms with E-state index in [1.807, 2.05) is 0 Å². The van der Waals surface area contributed by atoms with Crippen LogP contribution in [-0.2, 0) is 16.9 Å². The summed E-state index contributed by atoms with van der Waals surface area (Å²) in [6.07, 6.45) is 0. The minimum atomic E-state index is -1.19. The van der Waals surface area contributed by atoms with E-state index in [1.54, 1.807) is 19.1 Å². The van der Waals surface area contributed by atoms with Gasteiger partial charge in [0.1, 0.15) is 22.6 Å². The van der Waals surface area contributed by atoms with E-state index in [-0.39, 0.29) is 17.9 Å². The number of urea groups is 1. The van der Waals surface area contributed by atoms with Crippen LogP contribution in [0, 0.1) is 6.92 Å². The van der Waals surface area contributed by atoms with Gasteiger partial charge in [-0.1, -0.05) is 12.1 Å². The van der Waals surface area contributed by atoms with E-state index in [2.05, 4.69) is 16.0 Å². The monoisotopic (exact) mass is 371 g/mol. The zero-order chi connectivity index (χ0) is 19.8. The molecule has 1 aliphatic heterocycles. The fraction of sp³-hybridized carbons (Fsp3) is 0.222. The van der Waals surface area contributed by atoms with Crippen molar-refractivity contribution in [2.75, 3.05) is 0 Å². The van der Waals surface area contributed by atoms with Gasteiger partial charge in [-0.2, -0.15) is 0 Å². The molecule has 27 heavy (non-hydrogen) atoms. The van der Waals surface area contributed by atoms with E-state index in [1.165, 1.54) is 25.1 Å². The molecule has 0 radical (unpaired) electrons. The molecule has 1 aromatic carbocycles. The third-order valence-electron chi connectivity index (χ3n) is 4.39. The van der Waals surface area contributed by atoms with Crippen LogP contribution in [-0.4, -0.2) is 28.9 Å². The molecule has 4 N–H and O–H groups in total. The molecular weight excluding hydrogens is 354 g/mol. The van der Waals surface area contributed by atoms with Crippen molar-refractivity contribution in [3.05, 3.63) is 58.5 Å². The summed E-state index contributed by atoms with van der Waals surface area (Å²) in [4.78, 5) is 46.5. The van der Waals surface area contributed by atoms with Crippen LogP contribution < -0.4 is 16.0 Å². The molecule has 3 rings (SSSR count). The van der Waals surface area contributed by atoms with Crippen LogP contribution >= 0.6 is 0 Å². The maximum Gasteiger partial charge on any atom is 0.339 e. The number of hydrogen-bond donors (Lipinski definition) is 4. The molecule has 1 aromatic heterocycles. The minimum absolute atomic E-state index is 0.0326. The number of hydrogen-bond acceptors (Lipinski definition) is 5. The highest BCUT2D eigenvalue weighted by atomic mass is 16.4. The minimum Gasteiger partial charge on any atom is -0.478 e. The summed E-state index contributed by atoms with van der Waals surface area (Å²) < 4.78 is 5.30. The standard InChI is InChI=1S/C18H17N3O6/c1-9-13(15(23)24)7-12(27-9)8-19-14(22)10-3-5-11(6-4-10)18(2)16(25)20-17(26)21-18/h3-7H,8H2,1-2H3,(H,19,22)(H,23,24)(H2,20,21,25,26)/t18-/m1/s1. The highest BCUT2D eigenvalue weighted by molar-refractivity contribution is 6.07. The number of aryl methyl sites for hydroxylation is 1. The number of carboxylic acid groups (broad SMARTS) is 1. The number of carboxylic acids is 1.